The van der Waals surface area contributed by atoms with Crippen molar-refractivity contribution in [1.29, 1.82) is 0 Å². The Morgan fingerprint density at radius 1 is 1.32 bits per heavy atom. The summed E-state index contributed by atoms with van der Waals surface area (Å²) in [5.74, 6) is 1.19. The zero-order valence-corrected chi connectivity index (χ0v) is 13.0. The first-order chi connectivity index (χ1) is 10.6. The summed E-state index contributed by atoms with van der Waals surface area (Å²) >= 11 is 0. The molecule has 2 amide bonds. The molecule has 2 heterocycles. The van der Waals surface area contributed by atoms with Crippen molar-refractivity contribution in [2.24, 2.45) is 5.92 Å². The summed E-state index contributed by atoms with van der Waals surface area (Å²) in [6.07, 6.45) is 9.88. The van der Waals surface area contributed by atoms with E-state index in [1.807, 2.05) is 6.20 Å². The summed E-state index contributed by atoms with van der Waals surface area (Å²) in [7, 11) is 0. The van der Waals surface area contributed by atoms with Crippen LogP contribution in [0.1, 0.15) is 44.9 Å². The van der Waals surface area contributed by atoms with E-state index in [0.29, 0.717) is 0 Å². The zero-order valence-electron chi connectivity index (χ0n) is 13.0. The molecule has 0 bridgehead atoms. The van der Waals surface area contributed by atoms with E-state index in [1.165, 1.54) is 6.92 Å². The molecule has 1 aromatic rings. The van der Waals surface area contributed by atoms with E-state index in [2.05, 4.69) is 20.2 Å². The lowest BCUT2D eigenvalue weighted by molar-refractivity contribution is -0.130. The highest BCUT2D eigenvalue weighted by Gasteiger charge is 2.32. The number of nitrogens with one attached hydrogen (secondary N) is 2. The van der Waals surface area contributed by atoms with Gasteiger partial charge in [0, 0.05) is 38.3 Å². The average molecular weight is 304 g/mol. The lowest BCUT2D eigenvalue weighted by Gasteiger charge is -2.29. The van der Waals surface area contributed by atoms with Crippen LogP contribution in [-0.2, 0) is 22.6 Å². The predicted octanol–water partition coefficient (Wildman–Crippen LogP) is 1.01. The number of rotatable bonds is 4. The van der Waals surface area contributed by atoms with Gasteiger partial charge in [-0.3, -0.25) is 9.59 Å². The lowest BCUT2D eigenvalue weighted by Crippen LogP contribution is -2.53. The Morgan fingerprint density at radius 2 is 2.09 bits per heavy atom. The van der Waals surface area contributed by atoms with Gasteiger partial charge in [-0.15, -0.1) is 0 Å². The van der Waals surface area contributed by atoms with Crippen LogP contribution in [0, 0.1) is 5.92 Å². The van der Waals surface area contributed by atoms with Gasteiger partial charge in [0.1, 0.15) is 11.9 Å². The van der Waals surface area contributed by atoms with E-state index in [4.69, 9.17) is 0 Å². The highest BCUT2D eigenvalue weighted by Crippen LogP contribution is 2.28. The molecule has 1 saturated carbocycles. The molecule has 1 aromatic heterocycles. The van der Waals surface area contributed by atoms with E-state index >= 15 is 0 Å². The molecule has 0 saturated heterocycles. The van der Waals surface area contributed by atoms with Gasteiger partial charge in [-0.25, -0.2) is 4.98 Å². The number of aryl methyl sites for hydroxylation is 1. The second kappa shape index (κ2) is 6.50. The molecular weight excluding hydrogens is 280 g/mol. The van der Waals surface area contributed by atoms with Gasteiger partial charge in [-0.2, -0.15) is 0 Å². The number of carbonyl (C=O) groups is 2. The van der Waals surface area contributed by atoms with Gasteiger partial charge < -0.3 is 15.2 Å². The van der Waals surface area contributed by atoms with E-state index in [1.54, 1.807) is 6.20 Å². The molecule has 120 valence electrons. The number of carbonyl (C=O) groups excluding carboxylic acids is 2. The first-order valence-corrected chi connectivity index (χ1v) is 8.21. The van der Waals surface area contributed by atoms with Crippen LogP contribution < -0.4 is 10.6 Å². The van der Waals surface area contributed by atoms with Crippen molar-refractivity contribution in [1.82, 2.24) is 20.2 Å². The minimum absolute atomic E-state index is 0.0318. The van der Waals surface area contributed by atoms with Crippen molar-refractivity contribution in [2.45, 2.75) is 64.1 Å². The SMILES string of the molecule is CC(=O)N[C@@H](C(=O)N[C@@H]1CCc2nccn2C1)C1CCCC1. The van der Waals surface area contributed by atoms with Crippen molar-refractivity contribution in [3.8, 4) is 0 Å². The molecular formula is C16H24N4O2. The smallest absolute Gasteiger partial charge is 0.243 e. The van der Waals surface area contributed by atoms with Gasteiger partial charge in [0.15, 0.2) is 0 Å². The second-order valence-electron chi connectivity index (χ2n) is 6.46. The van der Waals surface area contributed by atoms with Crippen LogP contribution >= 0.6 is 0 Å². The summed E-state index contributed by atoms with van der Waals surface area (Å²) in [5, 5.41) is 5.98. The maximum absolute atomic E-state index is 12.6. The van der Waals surface area contributed by atoms with Crippen LogP contribution in [0.15, 0.2) is 12.4 Å². The Bertz CT molecular complexity index is 548. The molecule has 6 heteroatoms. The molecule has 22 heavy (non-hydrogen) atoms. The third-order valence-electron chi connectivity index (χ3n) is 4.79. The fourth-order valence-electron chi connectivity index (χ4n) is 3.68. The average Bonchev–Trinajstić information content (AvgIpc) is 3.15. The zero-order chi connectivity index (χ0) is 15.5. The quantitative estimate of drug-likeness (QED) is 0.871. The minimum Gasteiger partial charge on any atom is -0.350 e. The van der Waals surface area contributed by atoms with Crippen LogP contribution in [0.2, 0.25) is 0 Å². The Morgan fingerprint density at radius 3 is 2.82 bits per heavy atom. The molecule has 1 aliphatic heterocycles. The van der Waals surface area contributed by atoms with Crippen LogP contribution in [0.25, 0.3) is 0 Å². The summed E-state index contributed by atoms with van der Waals surface area (Å²) < 4.78 is 2.09. The predicted molar refractivity (Wildman–Crippen MR) is 82.0 cm³/mol. The summed E-state index contributed by atoms with van der Waals surface area (Å²) in [4.78, 5) is 28.4. The third-order valence-corrected chi connectivity index (χ3v) is 4.79. The van der Waals surface area contributed by atoms with Crippen LogP contribution in [0.5, 0.6) is 0 Å². The summed E-state index contributed by atoms with van der Waals surface area (Å²) in [6, 6.07) is -0.268. The van der Waals surface area contributed by atoms with Crippen LogP contribution in [0.4, 0.5) is 0 Å². The van der Waals surface area contributed by atoms with E-state index in [9.17, 15) is 9.59 Å². The number of aromatic nitrogens is 2. The molecule has 1 fully saturated rings. The maximum atomic E-state index is 12.6. The molecule has 3 rings (SSSR count). The minimum atomic E-state index is -0.385. The lowest BCUT2D eigenvalue weighted by atomic mass is 9.96. The number of nitrogens with zero attached hydrogens (tertiary/aromatic N) is 2. The largest absolute Gasteiger partial charge is 0.350 e. The van der Waals surface area contributed by atoms with Crippen molar-refractivity contribution in [3.05, 3.63) is 18.2 Å². The van der Waals surface area contributed by atoms with E-state index in [-0.39, 0.29) is 29.8 Å². The number of hydrogen-bond donors (Lipinski definition) is 2. The van der Waals surface area contributed by atoms with Gasteiger partial charge >= 0.3 is 0 Å². The first kappa shape index (κ1) is 15.1. The highest BCUT2D eigenvalue weighted by atomic mass is 16.2. The Balaban J connectivity index is 1.62. The van der Waals surface area contributed by atoms with Crippen molar-refractivity contribution >= 4 is 11.8 Å². The number of amides is 2. The van der Waals surface area contributed by atoms with Crippen molar-refractivity contribution in [3.63, 3.8) is 0 Å². The molecule has 2 atom stereocenters. The Labute approximate surface area is 130 Å². The molecule has 0 aromatic carbocycles. The highest BCUT2D eigenvalue weighted by molar-refractivity contribution is 5.87. The topological polar surface area (TPSA) is 76.0 Å². The Hall–Kier alpha value is -1.85. The maximum Gasteiger partial charge on any atom is 0.243 e. The molecule has 0 unspecified atom stereocenters. The molecule has 0 spiro atoms. The molecule has 2 N–H and O–H groups in total. The van der Waals surface area contributed by atoms with E-state index < -0.39 is 0 Å². The number of fused-ring (bicyclic) bond motifs is 1. The van der Waals surface area contributed by atoms with Crippen molar-refractivity contribution in [2.75, 3.05) is 0 Å². The molecule has 2 aliphatic rings. The second-order valence-corrected chi connectivity index (χ2v) is 6.46. The van der Waals surface area contributed by atoms with Gasteiger partial charge in [0.2, 0.25) is 11.8 Å². The van der Waals surface area contributed by atoms with Gasteiger partial charge in [-0.1, -0.05) is 12.8 Å². The van der Waals surface area contributed by atoms with Gasteiger partial charge in [-0.05, 0) is 25.2 Å². The first-order valence-electron chi connectivity index (χ1n) is 8.21. The number of imidazole rings is 1. The fraction of sp³-hybridized carbons (Fsp3) is 0.688. The fourth-order valence-corrected chi connectivity index (χ4v) is 3.68. The van der Waals surface area contributed by atoms with Gasteiger partial charge in [0.25, 0.3) is 0 Å². The van der Waals surface area contributed by atoms with Gasteiger partial charge in [0.05, 0.1) is 0 Å². The molecule has 0 radical (unpaired) electrons. The van der Waals surface area contributed by atoms with Crippen molar-refractivity contribution < 1.29 is 9.59 Å². The summed E-state index contributed by atoms with van der Waals surface area (Å²) in [5.41, 5.74) is 0. The van der Waals surface area contributed by atoms with Crippen LogP contribution in [-0.4, -0.2) is 33.4 Å². The van der Waals surface area contributed by atoms with Crippen LogP contribution in [0.3, 0.4) is 0 Å². The standard InChI is InChI=1S/C16H24N4O2/c1-11(21)18-15(12-4-2-3-5-12)16(22)19-13-6-7-14-17-8-9-20(14)10-13/h8-9,12-13,15H,2-7,10H2,1H3,(H,18,21)(H,19,22)/t13-,15-/m1/s1. The summed E-state index contributed by atoms with van der Waals surface area (Å²) in [6.45, 7) is 2.24. The number of hydrogen-bond acceptors (Lipinski definition) is 3. The molecule has 6 nitrogen and oxygen atoms in total. The molecule has 1 aliphatic carbocycles. The monoisotopic (exact) mass is 304 g/mol. The Kier molecular flexibility index (Phi) is 4.45. The van der Waals surface area contributed by atoms with E-state index in [0.717, 1.165) is 50.9 Å². The normalized spacial score (nSPS) is 22.9. The third kappa shape index (κ3) is 3.31.